The summed E-state index contributed by atoms with van der Waals surface area (Å²) in [6.07, 6.45) is 0. The van der Waals surface area contributed by atoms with Gasteiger partial charge in [0.05, 0.1) is 0 Å². The van der Waals surface area contributed by atoms with Gasteiger partial charge >= 0.3 is 156 Å². The van der Waals surface area contributed by atoms with Gasteiger partial charge in [-0.1, -0.05) is 0 Å². The number of rotatable bonds is 0. The Bertz CT molecular complexity index is 335. The minimum absolute atomic E-state index is 0. The molecular formula is H4Al2Ca2Mg2O23Si7. The van der Waals surface area contributed by atoms with Crippen LogP contribution in [0.15, 0.2) is 0 Å². The first-order valence-electron chi connectivity index (χ1n) is 4.29. The van der Waals surface area contributed by atoms with Crippen LogP contribution in [0.5, 0.6) is 0 Å². The van der Waals surface area contributed by atoms with Crippen molar-refractivity contribution in [1.29, 1.82) is 0 Å². The summed E-state index contributed by atoms with van der Waals surface area (Å²) in [5.41, 5.74) is 0. The van der Waals surface area contributed by atoms with E-state index in [9.17, 15) is 0 Å². The van der Waals surface area contributed by atoms with E-state index >= 15 is 0 Å². The molecule has 0 amide bonds. The molecule has 0 aromatic carbocycles. The summed E-state index contributed by atoms with van der Waals surface area (Å²) in [4.78, 5) is 119. The zero-order valence-electron chi connectivity index (χ0n) is 17.1. The van der Waals surface area contributed by atoms with Crippen molar-refractivity contribution in [2.24, 2.45) is 0 Å². The van der Waals surface area contributed by atoms with E-state index in [1.807, 2.05) is 0 Å². The molecule has 0 aromatic rings. The molecule has 0 aromatic heterocycles. The summed E-state index contributed by atoms with van der Waals surface area (Å²) in [6, 6.07) is 0. The van der Waals surface area contributed by atoms with Crippen LogP contribution in [-0.2, 0) is 31.2 Å². The summed E-state index contributed by atoms with van der Waals surface area (Å²) >= 11 is 0. The van der Waals surface area contributed by atoms with E-state index in [2.05, 4.69) is 0 Å². The van der Waals surface area contributed by atoms with Crippen LogP contribution in [0.1, 0.15) is 0 Å². The first-order valence-corrected chi connectivity index (χ1v) is 12.9. The normalized spacial score (nSPS) is 4.67. The topological polar surface area (TPSA) is 505 Å². The Labute approximate surface area is 324 Å². The monoisotopic (exact) mass is 750 g/mol. The average molecular weight is 751 g/mol. The standard InChI is InChI=1S/2Al.2Ca.2Mg.7O3Si.2H2O/c;;;;;;7*1-4(2)3;;/h;;;;;;;;;;;;;2*1H2/q2*+3;4*+2;7*-2;;. The van der Waals surface area contributed by atoms with Crippen molar-refractivity contribution >= 4 is 220 Å². The SMILES string of the molecule is O.O.O=[Si]([O-])[O-].O=[Si]([O-])[O-].O=[Si]([O-])[O-].O=[Si]([O-])[O-].O=[Si]([O-])[O-].O=[Si]([O-])[O-].O=[Si]([O-])[O-].[Al+3].[Al+3].[Ca+2].[Ca+2].[Mg+2].[Mg+2]. The second-order valence-electron chi connectivity index (χ2n) is 1.75. The largest absolute Gasteiger partial charge is 3.00 e. The van der Waals surface area contributed by atoms with Gasteiger partial charge in [0.15, 0.2) is 0 Å². The third-order valence-electron chi connectivity index (χ3n) is 0. The molecule has 0 heterocycles. The van der Waals surface area contributed by atoms with E-state index in [0.29, 0.717) is 0 Å². The number of hydrogen-bond acceptors (Lipinski definition) is 21. The maximum Gasteiger partial charge on any atom is 3.00 e. The average Bonchev–Trinajstić information content (AvgIpc) is 2.20. The van der Waals surface area contributed by atoms with Crippen LogP contribution in [0, 0.1) is 0 Å². The molecule has 0 aliphatic heterocycles. The quantitative estimate of drug-likeness (QED) is 0.207. The van der Waals surface area contributed by atoms with Gasteiger partial charge in [-0.3, -0.25) is 0 Å². The Morgan fingerprint density at radius 1 is 0.278 bits per heavy atom. The Balaban J connectivity index is -0.0000000106. The van der Waals surface area contributed by atoms with Crippen molar-refractivity contribution in [1.82, 2.24) is 0 Å². The van der Waals surface area contributed by atoms with Gasteiger partial charge in [0.2, 0.25) is 0 Å². The minimum atomic E-state index is -3.63. The van der Waals surface area contributed by atoms with E-state index < -0.39 is 64.2 Å². The summed E-state index contributed by atoms with van der Waals surface area (Å²) in [5, 5.41) is 0. The summed E-state index contributed by atoms with van der Waals surface area (Å²) < 4.78 is 59.6. The molecule has 4 N–H and O–H groups in total. The smallest absolute Gasteiger partial charge is 0.672 e. The Kier molecular flexibility index (Phi) is 247. The van der Waals surface area contributed by atoms with Crippen molar-refractivity contribution in [3.63, 3.8) is 0 Å². The summed E-state index contributed by atoms with van der Waals surface area (Å²) in [5.74, 6) is 0. The fourth-order valence-corrected chi connectivity index (χ4v) is 0. The van der Waals surface area contributed by atoms with Crippen LogP contribution in [0.2, 0.25) is 0 Å². The molecule has 0 rings (SSSR count). The van der Waals surface area contributed by atoms with Crippen molar-refractivity contribution in [2.75, 3.05) is 0 Å². The third kappa shape index (κ3) is 8190. The van der Waals surface area contributed by atoms with Crippen LogP contribution in [0.4, 0.5) is 0 Å². The van der Waals surface area contributed by atoms with Gasteiger partial charge in [0, 0.05) is 64.2 Å². The predicted molar refractivity (Wildman–Crippen MR) is 86.8 cm³/mol. The van der Waals surface area contributed by atoms with Gasteiger partial charge in [0.1, 0.15) is 0 Å². The molecule has 0 unspecified atom stereocenters. The van der Waals surface area contributed by atoms with Crippen LogP contribution in [-0.4, -0.2) is 231 Å². The molecule has 184 valence electrons. The molecule has 0 fully saturated rings. The summed E-state index contributed by atoms with van der Waals surface area (Å²) in [7, 11) is -25.4. The minimum Gasteiger partial charge on any atom is -0.672 e. The van der Waals surface area contributed by atoms with E-state index in [1.165, 1.54) is 0 Å². The number of hydrogen-bond donors (Lipinski definition) is 0. The van der Waals surface area contributed by atoms with Crippen molar-refractivity contribution in [3.05, 3.63) is 0 Å². The molecule has 0 saturated heterocycles. The van der Waals surface area contributed by atoms with Crippen molar-refractivity contribution in [3.8, 4) is 0 Å². The Morgan fingerprint density at radius 2 is 0.278 bits per heavy atom. The zero-order chi connectivity index (χ0) is 25.0. The molecule has 36 heavy (non-hydrogen) atoms. The zero-order valence-corrected chi connectivity index (χ0v) is 33.6. The third-order valence-corrected chi connectivity index (χ3v) is 0. The maximum absolute atomic E-state index is 8.52. The maximum atomic E-state index is 8.52. The van der Waals surface area contributed by atoms with Crippen molar-refractivity contribution in [2.45, 2.75) is 0 Å². The predicted octanol–water partition coefficient (Wildman–Crippen LogP) is -24.1. The first kappa shape index (κ1) is 98.1. The Morgan fingerprint density at radius 3 is 0.278 bits per heavy atom. The molecule has 0 spiro atoms. The van der Waals surface area contributed by atoms with E-state index in [1.54, 1.807) is 0 Å². The van der Waals surface area contributed by atoms with Crippen LogP contribution >= 0.6 is 0 Å². The molecule has 0 radical (unpaired) electrons. The van der Waals surface area contributed by atoms with E-state index in [-0.39, 0.29) is 167 Å². The van der Waals surface area contributed by atoms with Gasteiger partial charge in [-0.2, -0.15) is 0 Å². The van der Waals surface area contributed by atoms with Gasteiger partial charge in [-0.25, -0.2) is 0 Å². The second kappa shape index (κ2) is 90.5. The van der Waals surface area contributed by atoms with Crippen LogP contribution in [0.25, 0.3) is 0 Å². The van der Waals surface area contributed by atoms with E-state index in [4.69, 9.17) is 98.4 Å². The molecule has 0 atom stereocenters. The molecule has 0 bridgehead atoms. The molecule has 36 heteroatoms. The van der Waals surface area contributed by atoms with Gasteiger partial charge < -0.3 is 109 Å². The van der Waals surface area contributed by atoms with Gasteiger partial charge in [-0.05, 0) is 0 Å². The van der Waals surface area contributed by atoms with Crippen LogP contribution in [0.3, 0.4) is 0 Å². The molecule has 23 nitrogen and oxygen atoms in total. The summed E-state index contributed by atoms with van der Waals surface area (Å²) in [6.45, 7) is 0. The van der Waals surface area contributed by atoms with Crippen molar-refractivity contribution < 1.29 is 109 Å². The molecule has 0 aliphatic carbocycles. The Hall–Kier alpha value is 2.36. The van der Waals surface area contributed by atoms with Gasteiger partial charge in [0.25, 0.3) is 0 Å². The second-order valence-corrected chi connectivity index (χ2v) is 5.25. The molecule has 0 aliphatic rings. The van der Waals surface area contributed by atoms with Crippen LogP contribution < -0.4 is 67.1 Å². The molecular weight excluding hydrogens is 747 g/mol. The fraction of sp³-hybridized carbons (Fsp3) is 0. The first-order chi connectivity index (χ1) is 12.1. The fourth-order valence-electron chi connectivity index (χ4n) is 0. The van der Waals surface area contributed by atoms with Gasteiger partial charge in [-0.15, -0.1) is 0 Å². The molecule has 0 saturated carbocycles. The van der Waals surface area contributed by atoms with E-state index in [0.717, 1.165) is 0 Å².